The average molecular weight is 294 g/mol. The molecule has 0 amide bonds. The first-order chi connectivity index (χ1) is 10.2. The van der Waals surface area contributed by atoms with Gasteiger partial charge in [-0.15, -0.1) is 0 Å². The van der Waals surface area contributed by atoms with Gasteiger partial charge in [-0.25, -0.2) is 4.68 Å². The number of nitrogens with one attached hydrogen (secondary N) is 1. The van der Waals surface area contributed by atoms with E-state index in [-0.39, 0.29) is 11.8 Å². The fourth-order valence-electron chi connectivity index (χ4n) is 2.54. The van der Waals surface area contributed by atoms with Crippen molar-refractivity contribution in [2.24, 2.45) is 0 Å². The van der Waals surface area contributed by atoms with Crippen molar-refractivity contribution in [2.75, 3.05) is 11.9 Å². The van der Waals surface area contributed by atoms with Crippen molar-refractivity contribution in [1.82, 2.24) is 14.8 Å². The number of nitrogens with zero attached hydrogens (tertiary/aromatic N) is 3. The SMILES string of the molecule is CCc1nc2n(n1)C(c1ccccc1OC(F)F)CCN2. The normalized spacial score (nSPS) is 17.4. The van der Waals surface area contributed by atoms with Crippen LogP contribution in [0.2, 0.25) is 0 Å². The van der Waals surface area contributed by atoms with Gasteiger partial charge in [-0.1, -0.05) is 25.1 Å². The van der Waals surface area contributed by atoms with E-state index in [0.717, 1.165) is 25.2 Å². The average Bonchev–Trinajstić information content (AvgIpc) is 2.90. The Bertz CT molecular complexity index is 629. The number of hydrogen-bond acceptors (Lipinski definition) is 4. The lowest BCUT2D eigenvalue weighted by molar-refractivity contribution is -0.0507. The molecule has 0 saturated carbocycles. The number of hydrogen-bond donors (Lipinski definition) is 1. The molecule has 112 valence electrons. The van der Waals surface area contributed by atoms with E-state index in [1.165, 1.54) is 0 Å². The molecular formula is C14H16F2N4O. The summed E-state index contributed by atoms with van der Waals surface area (Å²) in [7, 11) is 0. The minimum absolute atomic E-state index is 0.149. The maximum Gasteiger partial charge on any atom is 0.387 e. The van der Waals surface area contributed by atoms with Crippen molar-refractivity contribution < 1.29 is 13.5 Å². The molecule has 1 N–H and O–H groups in total. The predicted octanol–water partition coefficient (Wildman–Crippen LogP) is 2.85. The van der Waals surface area contributed by atoms with Crippen molar-refractivity contribution in [2.45, 2.75) is 32.4 Å². The molecule has 0 aliphatic carbocycles. The maximum absolute atomic E-state index is 12.6. The molecule has 3 rings (SSSR count). The second-order valence-electron chi connectivity index (χ2n) is 4.80. The van der Waals surface area contributed by atoms with Crippen LogP contribution in [-0.2, 0) is 6.42 Å². The zero-order chi connectivity index (χ0) is 14.8. The van der Waals surface area contributed by atoms with E-state index >= 15 is 0 Å². The topological polar surface area (TPSA) is 52.0 Å². The van der Waals surface area contributed by atoms with Crippen LogP contribution in [0.25, 0.3) is 0 Å². The first-order valence-corrected chi connectivity index (χ1v) is 6.92. The molecule has 1 aromatic carbocycles. The summed E-state index contributed by atoms with van der Waals surface area (Å²) in [4.78, 5) is 4.39. The molecule has 1 aliphatic heterocycles. The van der Waals surface area contributed by atoms with Gasteiger partial charge in [0.1, 0.15) is 5.75 Å². The number of para-hydroxylation sites is 1. The third kappa shape index (κ3) is 2.68. The number of halogens is 2. The molecule has 7 heteroatoms. The summed E-state index contributed by atoms with van der Waals surface area (Å²) in [5, 5.41) is 7.63. The molecule has 21 heavy (non-hydrogen) atoms. The molecule has 0 radical (unpaired) electrons. The lowest BCUT2D eigenvalue weighted by atomic mass is 10.0. The summed E-state index contributed by atoms with van der Waals surface area (Å²) in [6.07, 6.45) is 1.46. The quantitative estimate of drug-likeness (QED) is 0.942. The van der Waals surface area contributed by atoms with Gasteiger partial charge in [-0.3, -0.25) is 0 Å². The molecule has 5 nitrogen and oxygen atoms in total. The summed E-state index contributed by atoms with van der Waals surface area (Å²) in [5.41, 5.74) is 0.702. The first kappa shape index (κ1) is 13.8. The number of ether oxygens (including phenoxy) is 1. The highest BCUT2D eigenvalue weighted by Crippen LogP contribution is 2.34. The van der Waals surface area contributed by atoms with Crippen molar-refractivity contribution >= 4 is 5.95 Å². The first-order valence-electron chi connectivity index (χ1n) is 6.92. The fraction of sp³-hybridized carbons (Fsp3) is 0.429. The van der Waals surface area contributed by atoms with Crippen LogP contribution in [0.3, 0.4) is 0 Å². The summed E-state index contributed by atoms with van der Waals surface area (Å²) < 4.78 is 31.5. The van der Waals surface area contributed by atoms with Gasteiger partial charge in [0.05, 0.1) is 6.04 Å². The number of rotatable bonds is 4. The van der Waals surface area contributed by atoms with Crippen molar-refractivity contribution in [3.05, 3.63) is 35.7 Å². The third-order valence-corrected chi connectivity index (χ3v) is 3.48. The summed E-state index contributed by atoms with van der Waals surface area (Å²) in [6, 6.07) is 6.70. The van der Waals surface area contributed by atoms with Crippen LogP contribution in [0.1, 0.15) is 30.8 Å². The van der Waals surface area contributed by atoms with Gasteiger partial charge in [0.2, 0.25) is 5.95 Å². The van der Waals surface area contributed by atoms with Gasteiger partial charge in [-0.05, 0) is 12.5 Å². The highest BCUT2D eigenvalue weighted by molar-refractivity contribution is 5.40. The van der Waals surface area contributed by atoms with Crippen molar-refractivity contribution in [1.29, 1.82) is 0 Å². The van der Waals surface area contributed by atoms with Crippen molar-refractivity contribution in [3.8, 4) is 5.75 Å². The Kier molecular flexibility index (Phi) is 3.72. The van der Waals surface area contributed by atoms with Gasteiger partial charge in [-0.2, -0.15) is 18.9 Å². The van der Waals surface area contributed by atoms with Gasteiger partial charge in [0.15, 0.2) is 5.82 Å². The van der Waals surface area contributed by atoms with Gasteiger partial charge in [0, 0.05) is 18.5 Å². The monoisotopic (exact) mass is 294 g/mol. The predicted molar refractivity (Wildman–Crippen MR) is 73.7 cm³/mol. The number of alkyl halides is 2. The Morgan fingerprint density at radius 3 is 3.00 bits per heavy atom. The second-order valence-corrected chi connectivity index (χ2v) is 4.80. The summed E-state index contributed by atoms with van der Waals surface area (Å²) in [5.74, 6) is 1.60. The molecule has 1 aliphatic rings. The third-order valence-electron chi connectivity index (χ3n) is 3.48. The molecule has 0 saturated heterocycles. The summed E-state index contributed by atoms with van der Waals surface area (Å²) >= 11 is 0. The molecule has 1 aromatic heterocycles. The fourth-order valence-corrected chi connectivity index (χ4v) is 2.54. The Labute approximate surface area is 120 Å². The standard InChI is InChI=1S/C14H16F2N4O/c1-2-12-18-14-17-8-7-10(20(14)19-12)9-5-3-4-6-11(9)21-13(15)16/h3-6,10,13H,2,7-8H2,1H3,(H,17,18,19). The number of fused-ring (bicyclic) bond motifs is 1. The van der Waals surface area contributed by atoms with Gasteiger partial charge < -0.3 is 10.1 Å². The molecular weight excluding hydrogens is 278 g/mol. The van der Waals surface area contributed by atoms with E-state index in [9.17, 15) is 8.78 Å². The molecule has 2 heterocycles. The van der Waals surface area contributed by atoms with Crippen LogP contribution in [-0.4, -0.2) is 27.9 Å². The highest BCUT2D eigenvalue weighted by Gasteiger charge is 2.27. The lowest BCUT2D eigenvalue weighted by Crippen LogP contribution is -2.25. The van der Waals surface area contributed by atoms with E-state index in [4.69, 9.17) is 0 Å². The Balaban J connectivity index is 2.00. The molecule has 0 spiro atoms. The minimum Gasteiger partial charge on any atom is -0.434 e. The number of aryl methyl sites for hydroxylation is 1. The van der Waals surface area contributed by atoms with Gasteiger partial charge >= 0.3 is 6.61 Å². The van der Waals surface area contributed by atoms with E-state index in [0.29, 0.717) is 11.5 Å². The largest absolute Gasteiger partial charge is 0.434 e. The Hall–Kier alpha value is -2.18. The zero-order valence-electron chi connectivity index (χ0n) is 11.6. The van der Waals surface area contributed by atoms with Crippen LogP contribution >= 0.6 is 0 Å². The van der Waals surface area contributed by atoms with E-state index in [1.807, 2.05) is 13.0 Å². The van der Waals surface area contributed by atoms with Crippen LogP contribution in [0.5, 0.6) is 5.75 Å². The van der Waals surface area contributed by atoms with Crippen LogP contribution in [0, 0.1) is 0 Å². The van der Waals surface area contributed by atoms with E-state index < -0.39 is 6.61 Å². The minimum atomic E-state index is -2.84. The number of anilines is 1. The zero-order valence-corrected chi connectivity index (χ0v) is 11.6. The molecule has 0 fully saturated rings. The highest BCUT2D eigenvalue weighted by atomic mass is 19.3. The molecule has 2 aromatic rings. The number of benzene rings is 1. The molecule has 0 bridgehead atoms. The van der Waals surface area contributed by atoms with Gasteiger partial charge in [0.25, 0.3) is 0 Å². The van der Waals surface area contributed by atoms with Crippen LogP contribution in [0.15, 0.2) is 24.3 Å². The smallest absolute Gasteiger partial charge is 0.387 e. The maximum atomic E-state index is 12.6. The van der Waals surface area contributed by atoms with E-state index in [2.05, 4.69) is 20.1 Å². The Morgan fingerprint density at radius 2 is 2.24 bits per heavy atom. The lowest BCUT2D eigenvalue weighted by Gasteiger charge is -2.26. The number of aromatic nitrogens is 3. The Morgan fingerprint density at radius 1 is 1.43 bits per heavy atom. The van der Waals surface area contributed by atoms with Crippen LogP contribution < -0.4 is 10.1 Å². The second kappa shape index (κ2) is 5.67. The summed E-state index contributed by atoms with van der Waals surface area (Å²) in [6.45, 7) is -0.144. The molecule has 1 atom stereocenters. The van der Waals surface area contributed by atoms with Crippen molar-refractivity contribution in [3.63, 3.8) is 0 Å². The van der Waals surface area contributed by atoms with E-state index in [1.54, 1.807) is 22.9 Å². The molecule has 1 unspecified atom stereocenters. The van der Waals surface area contributed by atoms with Crippen LogP contribution in [0.4, 0.5) is 14.7 Å².